The van der Waals surface area contributed by atoms with E-state index in [9.17, 15) is 0 Å². The van der Waals surface area contributed by atoms with Gasteiger partial charge in [-0.3, -0.25) is 0 Å². The summed E-state index contributed by atoms with van der Waals surface area (Å²) >= 11 is 5.99. The fourth-order valence-corrected chi connectivity index (χ4v) is 1.98. The zero-order chi connectivity index (χ0) is 13.2. The van der Waals surface area contributed by atoms with Crippen molar-refractivity contribution in [1.82, 2.24) is 20.2 Å². The molecule has 0 spiro atoms. The number of anilines is 1. The second-order valence-corrected chi connectivity index (χ2v) is 4.42. The molecule has 0 fully saturated rings. The van der Waals surface area contributed by atoms with Gasteiger partial charge in [0.05, 0.1) is 11.4 Å². The van der Waals surface area contributed by atoms with Crippen LogP contribution < -0.4 is 5.73 Å². The number of rotatable bonds is 2. The predicted molar refractivity (Wildman–Crippen MR) is 74.0 cm³/mol. The van der Waals surface area contributed by atoms with Gasteiger partial charge in [0.15, 0.2) is 5.82 Å². The molecule has 94 valence electrons. The Hall–Kier alpha value is -2.40. The normalized spacial score (nSPS) is 10.6. The number of nitrogens with two attached hydrogens (primary N) is 1. The molecule has 0 aliphatic heterocycles. The summed E-state index contributed by atoms with van der Waals surface area (Å²) in [5, 5.41) is 12.3. The van der Waals surface area contributed by atoms with Gasteiger partial charge in [0, 0.05) is 10.6 Å². The maximum absolute atomic E-state index is 5.99. The van der Waals surface area contributed by atoms with E-state index in [1.165, 1.54) is 0 Å². The van der Waals surface area contributed by atoms with E-state index in [0.717, 1.165) is 5.56 Å². The third kappa shape index (κ3) is 2.15. The molecule has 2 N–H and O–H groups in total. The minimum Gasteiger partial charge on any atom is -0.397 e. The van der Waals surface area contributed by atoms with Crippen LogP contribution in [0.1, 0.15) is 0 Å². The summed E-state index contributed by atoms with van der Waals surface area (Å²) in [6.45, 7) is 0. The van der Waals surface area contributed by atoms with Crippen LogP contribution in [-0.4, -0.2) is 20.2 Å². The van der Waals surface area contributed by atoms with Gasteiger partial charge in [-0.25, -0.2) is 0 Å². The highest BCUT2D eigenvalue weighted by atomic mass is 35.5. The molecule has 0 unspecified atom stereocenters. The Balaban J connectivity index is 2.18. The molecule has 5 nitrogen and oxygen atoms in total. The zero-order valence-electron chi connectivity index (χ0n) is 9.86. The Morgan fingerprint density at radius 1 is 1.05 bits per heavy atom. The van der Waals surface area contributed by atoms with Crippen molar-refractivity contribution in [3.05, 3.63) is 53.6 Å². The summed E-state index contributed by atoms with van der Waals surface area (Å²) in [6.07, 6.45) is 0. The first-order chi connectivity index (χ1) is 9.25. The third-order valence-electron chi connectivity index (χ3n) is 2.72. The van der Waals surface area contributed by atoms with Crippen LogP contribution in [0.2, 0.25) is 5.02 Å². The highest BCUT2D eigenvalue weighted by Gasteiger charge is 2.12. The molecule has 6 heteroatoms. The first-order valence-electron chi connectivity index (χ1n) is 5.65. The van der Waals surface area contributed by atoms with Crippen LogP contribution >= 0.6 is 11.6 Å². The molecule has 0 atom stereocenters. The lowest BCUT2D eigenvalue weighted by Gasteiger charge is -2.07. The lowest BCUT2D eigenvalue weighted by atomic mass is 10.2. The van der Waals surface area contributed by atoms with Crippen LogP contribution in [0.4, 0.5) is 5.69 Å². The fraction of sp³-hybridized carbons (Fsp3) is 0. The number of nitrogens with zero attached hydrogens (tertiary/aromatic N) is 4. The molecule has 19 heavy (non-hydrogen) atoms. The number of hydrogen-bond donors (Lipinski definition) is 1. The Morgan fingerprint density at radius 2 is 1.84 bits per heavy atom. The summed E-state index contributed by atoms with van der Waals surface area (Å²) in [6, 6.07) is 14.9. The molecule has 1 heterocycles. The molecule has 0 radical (unpaired) electrons. The van der Waals surface area contributed by atoms with E-state index < -0.39 is 0 Å². The molecule has 3 rings (SSSR count). The maximum atomic E-state index is 5.99. The first kappa shape index (κ1) is 11.7. The molecule has 1 aromatic heterocycles. The Kier molecular flexibility index (Phi) is 2.89. The summed E-state index contributed by atoms with van der Waals surface area (Å²) in [4.78, 5) is 0. The van der Waals surface area contributed by atoms with E-state index in [4.69, 9.17) is 17.3 Å². The number of halogens is 1. The second-order valence-electron chi connectivity index (χ2n) is 3.98. The van der Waals surface area contributed by atoms with Gasteiger partial charge in [0.2, 0.25) is 0 Å². The largest absolute Gasteiger partial charge is 0.397 e. The van der Waals surface area contributed by atoms with Crippen molar-refractivity contribution in [3.63, 3.8) is 0 Å². The Morgan fingerprint density at radius 3 is 2.63 bits per heavy atom. The van der Waals surface area contributed by atoms with E-state index in [1.807, 2.05) is 30.3 Å². The highest BCUT2D eigenvalue weighted by Crippen LogP contribution is 2.25. The number of tetrazole rings is 1. The summed E-state index contributed by atoms with van der Waals surface area (Å²) in [5.74, 6) is 0.620. The second kappa shape index (κ2) is 4.70. The first-order valence-corrected chi connectivity index (χ1v) is 6.03. The molecule has 3 aromatic rings. The third-order valence-corrected chi connectivity index (χ3v) is 2.96. The van der Waals surface area contributed by atoms with Crippen LogP contribution in [0.3, 0.4) is 0 Å². The van der Waals surface area contributed by atoms with Crippen LogP contribution in [0.15, 0.2) is 48.5 Å². The zero-order valence-corrected chi connectivity index (χ0v) is 10.6. The number of hydrogen-bond acceptors (Lipinski definition) is 4. The van der Waals surface area contributed by atoms with Crippen molar-refractivity contribution < 1.29 is 0 Å². The van der Waals surface area contributed by atoms with Crippen LogP contribution in [0.25, 0.3) is 17.1 Å². The SMILES string of the molecule is Nc1ccc(Cl)cc1-n1nnnc1-c1ccccc1. The Bertz CT molecular complexity index is 708. The minimum atomic E-state index is 0.564. The minimum absolute atomic E-state index is 0.564. The van der Waals surface area contributed by atoms with Gasteiger partial charge in [-0.2, -0.15) is 4.68 Å². The van der Waals surface area contributed by atoms with Crippen molar-refractivity contribution in [2.45, 2.75) is 0 Å². The molecule has 0 saturated carbocycles. The van der Waals surface area contributed by atoms with E-state index in [-0.39, 0.29) is 0 Å². The maximum Gasteiger partial charge on any atom is 0.187 e. The average molecular weight is 272 g/mol. The van der Waals surface area contributed by atoms with Gasteiger partial charge < -0.3 is 5.73 Å². The van der Waals surface area contributed by atoms with E-state index >= 15 is 0 Å². The molecular weight excluding hydrogens is 262 g/mol. The van der Waals surface area contributed by atoms with Gasteiger partial charge >= 0.3 is 0 Å². The van der Waals surface area contributed by atoms with Crippen LogP contribution in [0, 0.1) is 0 Å². The quantitative estimate of drug-likeness (QED) is 0.727. The van der Waals surface area contributed by atoms with Crippen LogP contribution in [-0.2, 0) is 0 Å². The molecule has 0 aliphatic rings. The van der Waals surface area contributed by atoms with Crippen molar-refractivity contribution in [1.29, 1.82) is 0 Å². The summed E-state index contributed by atoms with van der Waals surface area (Å²) in [5.41, 5.74) is 8.09. The Labute approximate surface area is 114 Å². The molecule has 2 aromatic carbocycles. The fourth-order valence-electron chi connectivity index (χ4n) is 1.82. The van der Waals surface area contributed by atoms with Gasteiger partial charge in [0.25, 0.3) is 0 Å². The van der Waals surface area contributed by atoms with Crippen molar-refractivity contribution in [3.8, 4) is 17.1 Å². The molecule has 0 bridgehead atoms. The van der Waals surface area contributed by atoms with Gasteiger partial charge in [0.1, 0.15) is 0 Å². The van der Waals surface area contributed by atoms with Gasteiger partial charge in [-0.15, -0.1) is 5.10 Å². The predicted octanol–water partition coefficient (Wildman–Crippen LogP) is 2.56. The van der Waals surface area contributed by atoms with Gasteiger partial charge in [-0.05, 0) is 28.6 Å². The smallest absolute Gasteiger partial charge is 0.187 e. The van der Waals surface area contributed by atoms with Crippen molar-refractivity contribution in [2.24, 2.45) is 0 Å². The van der Waals surface area contributed by atoms with Crippen molar-refractivity contribution in [2.75, 3.05) is 5.73 Å². The number of benzene rings is 2. The molecule has 0 aliphatic carbocycles. The topological polar surface area (TPSA) is 69.6 Å². The lowest BCUT2D eigenvalue weighted by Crippen LogP contribution is -2.03. The summed E-state index contributed by atoms with van der Waals surface area (Å²) < 4.78 is 1.58. The van der Waals surface area contributed by atoms with E-state index in [2.05, 4.69) is 15.5 Å². The van der Waals surface area contributed by atoms with E-state index in [0.29, 0.717) is 22.2 Å². The lowest BCUT2D eigenvalue weighted by molar-refractivity contribution is 0.792. The van der Waals surface area contributed by atoms with Crippen LogP contribution in [0.5, 0.6) is 0 Å². The molecular formula is C13H10ClN5. The number of nitrogen functional groups attached to an aromatic ring is 1. The number of aromatic nitrogens is 4. The monoisotopic (exact) mass is 271 g/mol. The van der Waals surface area contributed by atoms with Crippen molar-refractivity contribution >= 4 is 17.3 Å². The van der Waals surface area contributed by atoms with E-state index in [1.54, 1.807) is 22.9 Å². The summed E-state index contributed by atoms with van der Waals surface area (Å²) in [7, 11) is 0. The molecule has 0 amide bonds. The standard InChI is InChI=1S/C13H10ClN5/c14-10-6-7-11(15)12(8-10)19-13(16-17-18-19)9-4-2-1-3-5-9/h1-8H,15H2. The molecule has 0 saturated heterocycles. The van der Waals surface area contributed by atoms with Gasteiger partial charge in [-0.1, -0.05) is 41.9 Å². The highest BCUT2D eigenvalue weighted by molar-refractivity contribution is 6.30. The average Bonchev–Trinajstić information content (AvgIpc) is 2.91.